The van der Waals surface area contributed by atoms with E-state index in [1.54, 1.807) is 23.7 Å². The third-order valence-electron chi connectivity index (χ3n) is 1.96. The van der Waals surface area contributed by atoms with E-state index in [-0.39, 0.29) is 0 Å². The highest BCUT2D eigenvalue weighted by molar-refractivity contribution is 7.09. The van der Waals surface area contributed by atoms with E-state index >= 15 is 0 Å². The van der Waals surface area contributed by atoms with Crippen molar-refractivity contribution in [1.82, 2.24) is 9.97 Å². The number of ether oxygens (including phenoxy) is 1. The summed E-state index contributed by atoms with van der Waals surface area (Å²) < 4.78 is 5.46. The van der Waals surface area contributed by atoms with Crippen molar-refractivity contribution in [3.05, 3.63) is 34.9 Å². The van der Waals surface area contributed by atoms with Crippen LogP contribution in [0.5, 0.6) is 5.75 Å². The Hall–Kier alpha value is -1.62. The van der Waals surface area contributed by atoms with Crippen molar-refractivity contribution >= 4 is 17.2 Å². The lowest BCUT2D eigenvalue weighted by Crippen LogP contribution is -2.04. The fourth-order valence-electron chi connectivity index (χ4n) is 1.29. The molecule has 84 valence electrons. The van der Waals surface area contributed by atoms with Crippen LogP contribution < -0.4 is 10.1 Å². The summed E-state index contributed by atoms with van der Waals surface area (Å²) in [6.45, 7) is 3.27. The van der Waals surface area contributed by atoms with Crippen LogP contribution in [0.4, 0.5) is 5.82 Å². The Balaban J connectivity index is 2.03. The second-order valence-electron chi connectivity index (χ2n) is 3.06. The zero-order valence-electron chi connectivity index (χ0n) is 9.01. The Bertz CT molecular complexity index is 431. The molecule has 2 heterocycles. The lowest BCUT2D eigenvalue weighted by molar-refractivity contribution is 0.340. The molecule has 0 aliphatic rings. The molecule has 2 aromatic rings. The molecule has 4 nitrogen and oxygen atoms in total. The lowest BCUT2D eigenvalue weighted by atomic mass is 10.4. The number of aromatic nitrogens is 2. The molecule has 2 aromatic heterocycles. The Morgan fingerprint density at radius 1 is 1.38 bits per heavy atom. The van der Waals surface area contributed by atoms with Crippen molar-refractivity contribution in [2.24, 2.45) is 0 Å². The molecule has 1 N–H and O–H groups in total. The summed E-state index contributed by atoms with van der Waals surface area (Å²) >= 11 is 1.62. The number of rotatable bonds is 5. The summed E-state index contributed by atoms with van der Waals surface area (Å²) in [5.41, 5.74) is 0. The third-order valence-corrected chi connectivity index (χ3v) is 2.74. The molecule has 0 fully saturated rings. The minimum atomic E-state index is 0.637. The Morgan fingerprint density at radius 3 is 3.06 bits per heavy atom. The van der Waals surface area contributed by atoms with Crippen LogP contribution in [0, 0.1) is 0 Å². The monoisotopic (exact) mass is 235 g/mol. The van der Waals surface area contributed by atoms with Gasteiger partial charge in [0.1, 0.15) is 5.01 Å². The molecule has 0 unspecified atom stereocenters. The van der Waals surface area contributed by atoms with Gasteiger partial charge in [0.05, 0.1) is 13.2 Å². The number of nitrogens with zero attached hydrogens (tertiary/aromatic N) is 2. The first-order valence-corrected chi connectivity index (χ1v) is 5.98. The van der Waals surface area contributed by atoms with E-state index in [1.807, 2.05) is 24.4 Å². The molecule has 0 spiro atoms. The van der Waals surface area contributed by atoms with Gasteiger partial charge >= 0.3 is 0 Å². The molecule has 2 rings (SSSR count). The molecule has 0 bridgehead atoms. The average molecular weight is 235 g/mol. The van der Waals surface area contributed by atoms with Gasteiger partial charge in [0.25, 0.3) is 0 Å². The van der Waals surface area contributed by atoms with E-state index in [0.29, 0.717) is 13.2 Å². The second kappa shape index (κ2) is 5.46. The minimum absolute atomic E-state index is 0.637. The summed E-state index contributed by atoms with van der Waals surface area (Å²) in [6, 6.07) is 3.76. The molecule has 0 radical (unpaired) electrons. The van der Waals surface area contributed by atoms with Crippen molar-refractivity contribution in [2.45, 2.75) is 13.5 Å². The summed E-state index contributed by atoms with van der Waals surface area (Å²) in [5, 5.41) is 6.20. The van der Waals surface area contributed by atoms with Crippen LogP contribution in [-0.4, -0.2) is 16.6 Å². The van der Waals surface area contributed by atoms with Crippen LogP contribution in [0.1, 0.15) is 11.9 Å². The maximum atomic E-state index is 5.46. The summed E-state index contributed by atoms with van der Waals surface area (Å²) in [4.78, 5) is 8.43. The first-order chi connectivity index (χ1) is 7.90. The van der Waals surface area contributed by atoms with E-state index in [4.69, 9.17) is 4.74 Å². The second-order valence-corrected chi connectivity index (χ2v) is 4.04. The van der Waals surface area contributed by atoms with Crippen molar-refractivity contribution in [2.75, 3.05) is 11.9 Å². The van der Waals surface area contributed by atoms with Crippen molar-refractivity contribution < 1.29 is 4.74 Å². The largest absolute Gasteiger partial charge is 0.490 e. The Morgan fingerprint density at radius 2 is 2.31 bits per heavy atom. The Kier molecular flexibility index (Phi) is 3.71. The minimum Gasteiger partial charge on any atom is -0.490 e. The third kappa shape index (κ3) is 2.70. The van der Waals surface area contributed by atoms with Gasteiger partial charge in [-0.3, -0.25) is 0 Å². The van der Waals surface area contributed by atoms with Gasteiger partial charge in [-0.2, -0.15) is 0 Å². The molecule has 16 heavy (non-hydrogen) atoms. The normalized spacial score (nSPS) is 10.1. The standard InChI is InChI=1S/C11H13N3OS/c1-2-15-9-4-3-5-13-11(9)14-8-10-12-6-7-16-10/h3-7H,2,8H2,1H3,(H,13,14). The maximum absolute atomic E-state index is 5.46. The van der Waals surface area contributed by atoms with Gasteiger partial charge in [0, 0.05) is 17.8 Å². The van der Waals surface area contributed by atoms with Gasteiger partial charge < -0.3 is 10.1 Å². The molecule has 0 aliphatic carbocycles. The number of hydrogen-bond donors (Lipinski definition) is 1. The summed E-state index contributed by atoms with van der Waals surface area (Å²) in [5.74, 6) is 1.54. The fourth-order valence-corrected chi connectivity index (χ4v) is 1.85. The highest BCUT2D eigenvalue weighted by Crippen LogP contribution is 2.21. The number of pyridine rings is 1. The molecule has 5 heteroatoms. The number of nitrogens with one attached hydrogen (secondary N) is 1. The van der Waals surface area contributed by atoms with Crippen LogP contribution in [0.15, 0.2) is 29.9 Å². The van der Waals surface area contributed by atoms with E-state index < -0.39 is 0 Å². The van der Waals surface area contributed by atoms with E-state index in [0.717, 1.165) is 16.6 Å². The molecular formula is C11H13N3OS. The van der Waals surface area contributed by atoms with Crippen molar-refractivity contribution in [3.8, 4) is 5.75 Å². The van der Waals surface area contributed by atoms with Crippen LogP contribution in [0.25, 0.3) is 0 Å². The van der Waals surface area contributed by atoms with Crippen molar-refractivity contribution in [3.63, 3.8) is 0 Å². The van der Waals surface area contributed by atoms with E-state index in [1.165, 1.54) is 0 Å². The number of anilines is 1. The van der Waals surface area contributed by atoms with Gasteiger partial charge in [-0.15, -0.1) is 11.3 Å². The molecule has 0 amide bonds. The number of thiazole rings is 1. The average Bonchev–Trinajstić information content (AvgIpc) is 2.81. The smallest absolute Gasteiger partial charge is 0.169 e. The molecule has 0 saturated heterocycles. The highest BCUT2D eigenvalue weighted by atomic mass is 32.1. The number of hydrogen-bond acceptors (Lipinski definition) is 5. The van der Waals surface area contributed by atoms with Crippen LogP contribution in [0.2, 0.25) is 0 Å². The van der Waals surface area contributed by atoms with Gasteiger partial charge in [-0.1, -0.05) is 0 Å². The van der Waals surface area contributed by atoms with Gasteiger partial charge in [-0.25, -0.2) is 9.97 Å². The summed E-state index contributed by atoms with van der Waals surface area (Å²) in [6.07, 6.45) is 3.54. The molecule has 0 saturated carbocycles. The Labute approximate surface area is 98.3 Å². The highest BCUT2D eigenvalue weighted by Gasteiger charge is 2.03. The van der Waals surface area contributed by atoms with Gasteiger partial charge in [0.15, 0.2) is 11.6 Å². The zero-order valence-corrected chi connectivity index (χ0v) is 9.83. The lowest BCUT2D eigenvalue weighted by Gasteiger charge is -2.09. The van der Waals surface area contributed by atoms with E-state index in [2.05, 4.69) is 15.3 Å². The van der Waals surface area contributed by atoms with Crippen LogP contribution >= 0.6 is 11.3 Å². The first-order valence-electron chi connectivity index (χ1n) is 5.10. The topological polar surface area (TPSA) is 47.0 Å². The van der Waals surface area contributed by atoms with Gasteiger partial charge in [0.2, 0.25) is 0 Å². The first kappa shape index (κ1) is 10.9. The molecular weight excluding hydrogens is 222 g/mol. The van der Waals surface area contributed by atoms with E-state index in [9.17, 15) is 0 Å². The zero-order chi connectivity index (χ0) is 11.2. The van der Waals surface area contributed by atoms with Crippen molar-refractivity contribution in [1.29, 1.82) is 0 Å². The maximum Gasteiger partial charge on any atom is 0.169 e. The SMILES string of the molecule is CCOc1cccnc1NCc1nccs1. The predicted octanol–water partition coefficient (Wildman–Crippen LogP) is 2.55. The van der Waals surface area contributed by atoms with Crippen LogP contribution in [0.3, 0.4) is 0 Å². The predicted molar refractivity (Wildman–Crippen MR) is 64.8 cm³/mol. The summed E-state index contributed by atoms with van der Waals surface area (Å²) in [7, 11) is 0. The van der Waals surface area contributed by atoms with Crippen LogP contribution in [-0.2, 0) is 6.54 Å². The molecule has 0 aromatic carbocycles. The van der Waals surface area contributed by atoms with Gasteiger partial charge in [-0.05, 0) is 19.1 Å². The molecule has 0 atom stereocenters. The quantitative estimate of drug-likeness (QED) is 0.865. The molecule has 0 aliphatic heterocycles. The fraction of sp³-hybridized carbons (Fsp3) is 0.273.